The molecule has 0 spiro atoms. The molecule has 0 radical (unpaired) electrons. The molecule has 1 aliphatic rings. The number of allylic oxidation sites excluding steroid dienone is 1. The number of benzene rings is 2. The van der Waals surface area contributed by atoms with Crippen LogP contribution < -0.4 is 4.74 Å². The van der Waals surface area contributed by atoms with Crippen LogP contribution in [-0.2, 0) is 9.53 Å². The second-order valence-electron chi connectivity index (χ2n) is 6.14. The SMILES string of the molecule is [C-]#[N+]c1ccc(C(=O)Oc2ccc3c(c2)C=CC(CC(=O)OCC)C3=O)cc1. The second kappa shape index (κ2) is 8.31. The van der Waals surface area contributed by atoms with Gasteiger partial charge in [0.05, 0.1) is 31.1 Å². The summed E-state index contributed by atoms with van der Waals surface area (Å²) >= 11 is 0. The van der Waals surface area contributed by atoms with Crippen LogP contribution >= 0.6 is 0 Å². The fourth-order valence-electron chi connectivity index (χ4n) is 2.87. The highest BCUT2D eigenvalue weighted by Gasteiger charge is 2.26. The number of ether oxygens (including phenoxy) is 2. The average Bonchev–Trinajstić information content (AvgIpc) is 2.70. The molecule has 2 aromatic rings. The molecule has 2 aromatic carbocycles. The lowest BCUT2D eigenvalue weighted by Crippen LogP contribution is -2.21. The number of esters is 2. The van der Waals surface area contributed by atoms with Crippen LogP contribution in [-0.4, -0.2) is 24.3 Å². The standard InChI is InChI=1S/C22H17NO5/c1-3-27-20(24)13-16-5-4-15-12-18(10-11-19(15)21(16)25)28-22(26)14-6-8-17(23-2)9-7-14/h4-12,16H,3,13H2,1H3. The number of hydrogen-bond acceptors (Lipinski definition) is 5. The molecule has 0 aliphatic heterocycles. The summed E-state index contributed by atoms with van der Waals surface area (Å²) in [6, 6.07) is 10.9. The Morgan fingerprint density at radius 2 is 1.89 bits per heavy atom. The van der Waals surface area contributed by atoms with E-state index in [0.717, 1.165) is 0 Å². The first-order valence-electron chi connectivity index (χ1n) is 8.73. The summed E-state index contributed by atoms with van der Waals surface area (Å²) in [4.78, 5) is 39.7. The van der Waals surface area contributed by atoms with Crippen molar-refractivity contribution >= 4 is 29.5 Å². The lowest BCUT2D eigenvalue weighted by atomic mass is 9.86. The minimum atomic E-state index is -0.555. The van der Waals surface area contributed by atoms with Gasteiger partial charge in [-0.2, -0.15) is 0 Å². The topological polar surface area (TPSA) is 74.0 Å². The van der Waals surface area contributed by atoms with Gasteiger partial charge in [0, 0.05) is 5.56 Å². The Labute approximate surface area is 162 Å². The van der Waals surface area contributed by atoms with Crippen molar-refractivity contribution in [3.05, 3.63) is 76.6 Å². The van der Waals surface area contributed by atoms with Crippen LogP contribution in [0, 0.1) is 12.5 Å². The largest absolute Gasteiger partial charge is 0.466 e. The van der Waals surface area contributed by atoms with Crippen LogP contribution in [0.15, 0.2) is 48.5 Å². The Morgan fingerprint density at radius 3 is 2.57 bits per heavy atom. The van der Waals surface area contributed by atoms with Crippen molar-refractivity contribution in [2.45, 2.75) is 13.3 Å². The molecule has 0 bridgehead atoms. The summed E-state index contributed by atoms with van der Waals surface area (Å²) in [6.07, 6.45) is 3.40. The summed E-state index contributed by atoms with van der Waals surface area (Å²) in [5, 5.41) is 0. The van der Waals surface area contributed by atoms with Gasteiger partial charge in [0.2, 0.25) is 0 Å². The molecule has 140 valence electrons. The Bertz CT molecular complexity index is 999. The number of nitrogens with zero attached hydrogens (tertiary/aromatic N) is 1. The lowest BCUT2D eigenvalue weighted by molar-refractivity contribution is -0.143. The molecule has 1 unspecified atom stereocenters. The fourth-order valence-corrected chi connectivity index (χ4v) is 2.87. The van der Waals surface area contributed by atoms with Gasteiger partial charge in [0.25, 0.3) is 0 Å². The molecule has 1 atom stereocenters. The quantitative estimate of drug-likeness (QED) is 0.444. The highest BCUT2D eigenvalue weighted by Crippen LogP contribution is 2.29. The molecular formula is C22H17NO5. The normalized spacial score (nSPS) is 14.7. The van der Waals surface area contributed by atoms with Crippen LogP contribution in [0.1, 0.15) is 39.6 Å². The maximum atomic E-state index is 12.6. The first-order chi connectivity index (χ1) is 13.5. The number of carbonyl (C=O) groups is 3. The molecule has 28 heavy (non-hydrogen) atoms. The fraction of sp³-hybridized carbons (Fsp3) is 0.182. The molecular weight excluding hydrogens is 358 g/mol. The molecule has 6 heteroatoms. The molecule has 0 N–H and O–H groups in total. The predicted molar refractivity (Wildman–Crippen MR) is 102 cm³/mol. The summed E-state index contributed by atoms with van der Waals surface area (Å²) in [7, 11) is 0. The van der Waals surface area contributed by atoms with Gasteiger partial charge in [0.1, 0.15) is 5.75 Å². The van der Waals surface area contributed by atoms with Crippen molar-refractivity contribution in [2.75, 3.05) is 6.61 Å². The van der Waals surface area contributed by atoms with Gasteiger partial charge in [-0.25, -0.2) is 9.64 Å². The van der Waals surface area contributed by atoms with E-state index in [0.29, 0.717) is 28.1 Å². The Kier molecular flexibility index (Phi) is 5.66. The maximum Gasteiger partial charge on any atom is 0.343 e. The van der Waals surface area contributed by atoms with Crippen LogP contribution in [0.5, 0.6) is 5.75 Å². The van der Waals surface area contributed by atoms with Gasteiger partial charge >= 0.3 is 11.9 Å². The second-order valence-corrected chi connectivity index (χ2v) is 6.14. The van der Waals surface area contributed by atoms with Crippen molar-refractivity contribution in [1.82, 2.24) is 0 Å². The van der Waals surface area contributed by atoms with E-state index in [2.05, 4.69) is 4.85 Å². The number of carbonyl (C=O) groups excluding carboxylic acids is 3. The van der Waals surface area contributed by atoms with Crippen molar-refractivity contribution < 1.29 is 23.9 Å². The highest BCUT2D eigenvalue weighted by molar-refractivity contribution is 6.06. The van der Waals surface area contributed by atoms with Gasteiger partial charge in [-0.15, -0.1) is 0 Å². The summed E-state index contributed by atoms with van der Waals surface area (Å²) in [5.74, 6) is -1.38. The Morgan fingerprint density at radius 1 is 1.14 bits per heavy atom. The van der Waals surface area contributed by atoms with E-state index >= 15 is 0 Å². The summed E-state index contributed by atoms with van der Waals surface area (Å²) in [5.41, 5.74) is 1.86. The molecule has 3 rings (SSSR count). The molecule has 0 amide bonds. The third kappa shape index (κ3) is 4.15. The molecule has 0 saturated heterocycles. The highest BCUT2D eigenvalue weighted by atomic mass is 16.5. The van der Waals surface area contributed by atoms with Gasteiger partial charge in [-0.1, -0.05) is 36.4 Å². The lowest BCUT2D eigenvalue weighted by Gasteiger charge is -2.18. The first-order valence-corrected chi connectivity index (χ1v) is 8.73. The van der Waals surface area contributed by atoms with Crippen molar-refractivity contribution in [3.8, 4) is 5.75 Å². The van der Waals surface area contributed by atoms with Crippen molar-refractivity contribution in [1.29, 1.82) is 0 Å². The van der Waals surface area contributed by atoms with Crippen LogP contribution in [0.25, 0.3) is 10.9 Å². The van der Waals surface area contributed by atoms with Gasteiger partial charge in [-0.3, -0.25) is 9.59 Å². The summed E-state index contributed by atoms with van der Waals surface area (Å²) in [6.45, 7) is 8.92. The van der Waals surface area contributed by atoms with Gasteiger partial charge < -0.3 is 9.47 Å². The third-order valence-electron chi connectivity index (χ3n) is 4.27. The monoisotopic (exact) mass is 375 g/mol. The first kappa shape index (κ1) is 19.1. The number of rotatable bonds is 5. The molecule has 0 fully saturated rings. The molecule has 0 heterocycles. The number of hydrogen-bond donors (Lipinski definition) is 0. The van der Waals surface area contributed by atoms with Crippen molar-refractivity contribution in [2.24, 2.45) is 5.92 Å². The number of fused-ring (bicyclic) bond motifs is 1. The zero-order chi connectivity index (χ0) is 20.1. The van der Waals surface area contributed by atoms with Crippen LogP contribution in [0.3, 0.4) is 0 Å². The van der Waals surface area contributed by atoms with Gasteiger partial charge in [-0.05, 0) is 30.7 Å². The predicted octanol–water partition coefficient (Wildman–Crippen LogP) is 4.24. The molecule has 0 saturated carbocycles. The van der Waals surface area contributed by atoms with E-state index in [4.69, 9.17) is 16.0 Å². The van der Waals surface area contributed by atoms with E-state index in [1.165, 1.54) is 12.1 Å². The minimum absolute atomic E-state index is 0.0000479. The van der Waals surface area contributed by atoms with Crippen molar-refractivity contribution in [3.63, 3.8) is 0 Å². The van der Waals surface area contributed by atoms with E-state index < -0.39 is 17.9 Å². The Hall–Kier alpha value is -3.72. The average molecular weight is 375 g/mol. The minimum Gasteiger partial charge on any atom is -0.466 e. The number of Topliss-reactive ketones (excluding diaryl/α,β-unsaturated/α-hetero) is 1. The van der Waals surface area contributed by atoms with Crippen LogP contribution in [0.2, 0.25) is 0 Å². The zero-order valence-corrected chi connectivity index (χ0v) is 15.2. The molecule has 1 aliphatic carbocycles. The molecule has 0 aromatic heterocycles. The summed E-state index contributed by atoms with van der Waals surface area (Å²) < 4.78 is 10.3. The van der Waals surface area contributed by atoms with E-state index in [9.17, 15) is 14.4 Å². The molecule has 6 nitrogen and oxygen atoms in total. The van der Waals surface area contributed by atoms with E-state index in [-0.39, 0.29) is 18.8 Å². The maximum absolute atomic E-state index is 12.6. The smallest absolute Gasteiger partial charge is 0.343 e. The third-order valence-corrected chi connectivity index (χ3v) is 4.27. The van der Waals surface area contributed by atoms with E-state index in [1.54, 1.807) is 49.4 Å². The van der Waals surface area contributed by atoms with Crippen LogP contribution in [0.4, 0.5) is 5.69 Å². The zero-order valence-electron chi connectivity index (χ0n) is 15.2. The Balaban J connectivity index is 1.73. The van der Waals surface area contributed by atoms with Gasteiger partial charge in [0.15, 0.2) is 11.5 Å². The van der Waals surface area contributed by atoms with E-state index in [1.807, 2.05) is 0 Å². The number of ketones is 1.